The predicted octanol–water partition coefficient (Wildman–Crippen LogP) is 2.46. The van der Waals surface area contributed by atoms with Gasteiger partial charge < -0.3 is 0 Å². The van der Waals surface area contributed by atoms with Gasteiger partial charge in [0, 0.05) is 29.6 Å². The van der Waals surface area contributed by atoms with Gasteiger partial charge in [0.25, 0.3) is 5.56 Å². The molecule has 0 amide bonds. The summed E-state index contributed by atoms with van der Waals surface area (Å²) in [6, 6.07) is 2.27. The lowest BCUT2D eigenvalue weighted by molar-refractivity contribution is 0.532. The molecule has 3 aromatic heterocycles. The number of aromatic nitrogens is 5. The van der Waals surface area contributed by atoms with E-state index < -0.39 is 0 Å². The molecule has 0 aromatic carbocycles. The Balaban J connectivity index is 2.35. The topological polar surface area (TPSA) is 91.8 Å². The first-order valence-corrected chi connectivity index (χ1v) is 7.52. The molecule has 0 unspecified atom stereocenters. The molecule has 7 heteroatoms. The Morgan fingerprint density at radius 2 is 2.04 bits per heavy atom. The van der Waals surface area contributed by atoms with Crippen molar-refractivity contribution in [3.05, 3.63) is 40.1 Å². The highest BCUT2D eigenvalue weighted by Gasteiger charge is 2.20. The van der Waals surface area contributed by atoms with Crippen molar-refractivity contribution >= 4 is 5.65 Å². The molecule has 0 atom stereocenters. The summed E-state index contributed by atoms with van der Waals surface area (Å²) in [5.41, 5.74) is 2.49. The molecular weight excluding hydrogens is 292 g/mol. The zero-order valence-corrected chi connectivity index (χ0v) is 13.5. The van der Waals surface area contributed by atoms with E-state index >= 15 is 0 Å². The molecule has 0 bridgehead atoms. The molecule has 0 spiro atoms. The van der Waals surface area contributed by atoms with E-state index in [1.54, 1.807) is 6.20 Å². The van der Waals surface area contributed by atoms with Gasteiger partial charge in [0.1, 0.15) is 11.6 Å². The summed E-state index contributed by atoms with van der Waals surface area (Å²) >= 11 is 0. The van der Waals surface area contributed by atoms with Crippen molar-refractivity contribution < 1.29 is 0 Å². The quantitative estimate of drug-likeness (QED) is 0.804. The van der Waals surface area contributed by atoms with E-state index in [1.165, 1.54) is 10.7 Å². The maximum Gasteiger partial charge on any atom is 0.276 e. The SMILES string of the molecule is CC(C)c1c(-c2cnn(C(C)C)c2)nc2c(C#N)c[nH]n2c1=O. The van der Waals surface area contributed by atoms with Crippen LogP contribution in [0, 0.1) is 11.3 Å². The molecule has 3 aromatic rings. The molecule has 0 aliphatic rings. The Morgan fingerprint density at radius 3 is 2.61 bits per heavy atom. The summed E-state index contributed by atoms with van der Waals surface area (Å²) in [5.74, 6) is -0.00173. The Morgan fingerprint density at radius 1 is 1.30 bits per heavy atom. The minimum atomic E-state index is -0.182. The number of H-pyrrole nitrogens is 1. The fraction of sp³-hybridized carbons (Fsp3) is 0.375. The van der Waals surface area contributed by atoms with Crippen molar-refractivity contribution in [2.75, 3.05) is 0 Å². The van der Waals surface area contributed by atoms with Crippen LogP contribution in [0.1, 0.15) is 50.8 Å². The van der Waals surface area contributed by atoms with Crippen LogP contribution in [0.15, 0.2) is 23.4 Å². The second-order valence-corrected chi connectivity index (χ2v) is 6.09. The summed E-state index contributed by atoms with van der Waals surface area (Å²) in [6.45, 7) is 7.97. The largest absolute Gasteiger partial charge is 0.295 e. The monoisotopic (exact) mass is 310 g/mol. The minimum absolute atomic E-state index is 0.00173. The van der Waals surface area contributed by atoms with E-state index in [2.05, 4.69) is 21.3 Å². The van der Waals surface area contributed by atoms with Gasteiger partial charge in [-0.25, -0.2) is 9.50 Å². The lowest BCUT2D eigenvalue weighted by atomic mass is 10.00. The van der Waals surface area contributed by atoms with Gasteiger partial charge in [-0.3, -0.25) is 14.6 Å². The van der Waals surface area contributed by atoms with Crippen molar-refractivity contribution in [3.8, 4) is 17.3 Å². The van der Waals surface area contributed by atoms with Gasteiger partial charge >= 0.3 is 0 Å². The van der Waals surface area contributed by atoms with E-state index in [0.29, 0.717) is 22.5 Å². The highest BCUT2D eigenvalue weighted by molar-refractivity contribution is 5.67. The summed E-state index contributed by atoms with van der Waals surface area (Å²) in [4.78, 5) is 17.4. The average Bonchev–Trinajstić information content (AvgIpc) is 3.13. The van der Waals surface area contributed by atoms with Crippen LogP contribution >= 0.6 is 0 Å². The first-order chi connectivity index (χ1) is 10.9. The van der Waals surface area contributed by atoms with Crippen LogP contribution in [0.5, 0.6) is 0 Å². The van der Waals surface area contributed by atoms with Gasteiger partial charge in [0.15, 0.2) is 5.65 Å². The van der Waals surface area contributed by atoms with Gasteiger partial charge in [0.2, 0.25) is 0 Å². The standard InChI is InChI=1S/C16H18N6O/c1-9(2)13-14(12-7-18-21(8-12)10(3)4)20-15-11(5-17)6-19-22(15)16(13)23/h6-10,19H,1-4H3. The molecular formula is C16H18N6O. The van der Waals surface area contributed by atoms with Gasteiger partial charge in [-0.15, -0.1) is 0 Å². The molecule has 0 radical (unpaired) electrons. The number of aromatic amines is 1. The van der Waals surface area contributed by atoms with Crippen LogP contribution in [0.4, 0.5) is 0 Å². The van der Waals surface area contributed by atoms with Crippen molar-refractivity contribution in [1.82, 2.24) is 24.4 Å². The van der Waals surface area contributed by atoms with Crippen LogP contribution in [0.2, 0.25) is 0 Å². The third-order valence-corrected chi connectivity index (χ3v) is 3.80. The maximum absolute atomic E-state index is 12.8. The van der Waals surface area contributed by atoms with Crippen molar-refractivity contribution in [3.63, 3.8) is 0 Å². The number of nitriles is 1. The molecule has 0 aliphatic carbocycles. The highest BCUT2D eigenvalue weighted by Crippen LogP contribution is 2.26. The maximum atomic E-state index is 12.8. The summed E-state index contributed by atoms with van der Waals surface area (Å²) in [7, 11) is 0. The first kappa shape index (κ1) is 15.0. The summed E-state index contributed by atoms with van der Waals surface area (Å²) < 4.78 is 3.15. The fourth-order valence-corrected chi connectivity index (χ4v) is 2.59. The van der Waals surface area contributed by atoms with Crippen LogP contribution in [-0.2, 0) is 0 Å². The van der Waals surface area contributed by atoms with Gasteiger partial charge in [0.05, 0.1) is 11.9 Å². The van der Waals surface area contributed by atoms with Gasteiger partial charge in [-0.2, -0.15) is 10.4 Å². The van der Waals surface area contributed by atoms with Crippen LogP contribution in [-0.4, -0.2) is 24.4 Å². The number of hydrogen-bond donors (Lipinski definition) is 1. The number of nitrogens with zero attached hydrogens (tertiary/aromatic N) is 5. The van der Waals surface area contributed by atoms with E-state index in [4.69, 9.17) is 0 Å². The smallest absolute Gasteiger partial charge is 0.276 e. The molecule has 118 valence electrons. The minimum Gasteiger partial charge on any atom is -0.295 e. The molecule has 7 nitrogen and oxygen atoms in total. The highest BCUT2D eigenvalue weighted by atomic mass is 16.1. The van der Waals surface area contributed by atoms with E-state index in [1.807, 2.05) is 38.6 Å². The van der Waals surface area contributed by atoms with Crippen LogP contribution in [0.3, 0.4) is 0 Å². The molecule has 0 aliphatic heterocycles. The lowest BCUT2D eigenvalue weighted by Crippen LogP contribution is -2.22. The number of rotatable bonds is 3. The van der Waals surface area contributed by atoms with Crippen molar-refractivity contribution in [2.45, 2.75) is 39.7 Å². The summed E-state index contributed by atoms with van der Waals surface area (Å²) in [6.07, 6.45) is 5.09. The number of fused-ring (bicyclic) bond motifs is 1. The second kappa shape index (κ2) is 5.39. The van der Waals surface area contributed by atoms with Crippen molar-refractivity contribution in [2.24, 2.45) is 0 Å². The molecule has 0 saturated heterocycles. The Labute approximate surface area is 133 Å². The van der Waals surface area contributed by atoms with E-state index in [9.17, 15) is 10.1 Å². The molecule has 23 heavy (non-hydrogen) atoms. The van der Waals surface area contributed by atoms with E-state index in [-0.39, 0.29) is 17.5 Å². The predicted molar refractivity (Wildman–Crippen MR) is 86.2 cm³/mol. The fourth-order valence-electron chi connectivity index (χ4n) is 2.59. The molecule has 0 saturated carbocycles. The summed E-state index contributed by atoms with van der Waals surface area (Å²) in [5, 5.41) is 16.3. The molecule has 3 rings (SSSR count). The Hall–Kier alpha value is -2.88. The zero-order chi connectivity index (χ0) is 16.7. The third kappa shape index (κ3) is 2.32. The Bertz CT molecular complexity index is 967. The normalized spacial score (nSPS) is 11.5. The Kier molecular flexibility index (Phi) is 3.52. The molecule has 1 N–H and O–H groups in total. The lowest BCUT2D eigenvalue weighted by Gasteiger charge is -2.10. The van der Waals surface area contributed by atoms with Gasteiger partial charge in [-0.05, 0) is 19.8 Å². The van der Waals surface area contributed by atoms with Crippen molar-refractivity contribution in [1.29, 1.82) is 5.26 Å². The van der Waals surface area contributed by atoms with Gasteiger partial charge in [-0.1, -0.05) is 13.8 Å². The number of nitrogens with one attached hydrogen (secondary N) is 1. The molecule has 0 fully saturated rings. The zero-order valence-electron chi connectivity index (χ0n) is 13.5. The van der Waals surface area contributed by atoms with Crippen LogP contribution < -0.4 is 5.56 Å². The molecule has 3 heterocycles. The van der Waals surface area contributed by atoms with Crippen LogP contribution in [0.25, 0.3) is 16.9 Å². The number of hydrogen-bond acceptors (Lipinski definition) is 4. The second-order valence-electron chi connectivity index (χ2n) is 6.09. The average molecular weight is 310 g/mol. The first-order valence-electron chi connectivity index (χ1n) is 7.52. The third-order valence-electron chi connectivity index (χ3n) is 3.80. The van der Waals surface area contributed by atoms with E-state index in [0.717, 1.165) is 5.56 Å².